The molecule has 8 nitrogen and oxygen atoms in total. The van der Waals surface area contributed by atoms with Crippen molar-refractivity contribution in [1.82, 2.24) is 24.6 Å². The molecule has 0 unspecified atom stereocenters. The Morgan fingerprint density at radius 3 is 2.68 bits per heavy atom. The number of carbonyl (C=O) groups excluding carboxylic acids is 1. The van der Waals surface area contributed by atoms with Crippen LogP contribution in [0.2, 0.25) is 0 Å². The lowest BCUT2D eigenvalue weighted by Gasteiger charge is -2.21. The second-order valence-electron chi connectivity index (χ2n) is 8.54. The van der Waals surface area contributed by atoms with Crippen molar-refractivity contribution in [2.45, 2.75) is 32.9 Å². The number of aliphatic hydroxyl groups is 1. The molecule has 0 bridgehead atoms. The van der Waals surface area contributed by atoms with Crippen LogP contribution in [0.5, 0.6) is 0 Å². The topological polar surface area (TPSA) is 110 Å². The molecular formula is C25H25FN6O2. The Bertz CT molecular complexity index is 1460. The minimum absolute atomic E-state index is 0.0592. The molecule has 3 aromatic heterocycles. The van der Waals surface area contributed by atoms with Crippen LogP contribution in [-0.4, -0.2) is 47.8 Å². The number of aromatic nitrogens is 4. The monoisotopic (exact) mass is 460 g/mol. The minimum atomic E-state index is -1.10. The Kier molecular flexibility index (Phi) is 5.94. The number of benzene rings is 1. The predicted octanol–water partition coefficient (Wildman–Crippen LogP) is 3.02. The Hall–Kier alpha value is -4.03. The molecule has 0 aliphatic carbocycles. The second-order valence-corrected chi connectivity index (χ2v) is 8.54. The fourth-order valence-corrected chi connectivity index (χ4v) is 3.65. The van der Waals surface area contributed by atoms with Crippen LogP contribution in [-0.2, 0) is 13.6 Å². The second kappa shape index (κ2) is 8.72. The van der Waals surface area contributed by atoms with E-state index in [-0.39, 0.29) is 17.9 Å². The number of carbonyl (C=O) groups is 1. The van der Waals surface area contributed by atoms with Gasteiger partial charge in [0.25, 0.3) is 5.91 Å². The van der Waals surface area contributed by atoms with Crippen molar-refractivity contribution >= 4 is 33.5 Å². The first-order valence-electron chi connectivity index (χ1n) is 10.8. The van der Waals surface area contributed by atoms with E-state index >= 15 is 0 Å². The van der Waals surface area contributed by atoms with Crippen molar-refractivity contribution in [2.75, 3.05) is 12.3 Å². The van der Waals surface area contributed by atoms with E-state index in [1.165, 1.54) is 17.0 Å². The van der Waals surface area contributed by atoms with E-state index in [1.807, 2.05) is 6.92 Å². The molecule has 0 saturated carbocycles. The fraction of sp³-hybridized carbons (Fsp3) is 0.280. The highest BCUT2D eigenvalue weighted by Crippen LogP contribution is 2.29. The van der Waals surface area contributed by atoms with Crippen molar-refractivity contribution in [3.8, 4) is 11.8 Å². The summed E-state index contributed by atoms with van der Waals surface area (Å²) in [5, 5.41) is 15.2. The van der Waals surface area contributed by atoms with Gasteiger partial charge in [-0.05, 0) is 39.0 Å². The zero-order valence-corrected chi connectivity index (χ0v) is 19.4. The van der Waals surface area contributed by atoms with Gasteiger partial charge < -0.3 is 15.7 Å². The maximum atomic E-state index is 15.0. The van der Waals surface area contributed by atoms with Crippen LogP contribution < -0.4 is 5.73 Å². The number of nitrogen functional groups attached to an aromatic ring is 1. The lowest BCUT2D eigenvalue weighted by atomic mass is 10.1. The third-order valence-corrected chi connectivity index (χ3v) is 5.39. The highest BCUT2D eigenvalue weighted by atomic mass is 19.1. The average molecular weight is 461 g/mol. The van der Waals surface area contributed by atoms with Crippen LogP contribution in [0.3, 0.4) is 0 Å². The van der Waals surface area contributed by atoms with E-state index in [0.717, 1.165) is 0 Å². The van der Waals surface area contributed by atoms with Gasteiger partial charge in [-0.2, -0.15) is 5.10 Å². The molecule has 4 aromatic rings. The van der Waals surface area contributed by atoms with Crippen LogP contribution in [0.4, 0.5) is 10.2 Å². The molecule has 1 amide bonds. The molecule has 0 atom stereocenters. The lowest BCUT2D eigenvalue weighted by molar-refractivity contribution is 0.0746. The number of halogens is 1. The summed E-state index contributed by atoms with van der Waals surface area (Å²) in [5.41, 5.74) is 7.16. The molecule has 1 aromatic carbocycles. The van der Waals surface area contributed by atoms with Gasteiger partial charge in [0.15, 0.2) is 0 Å². The summed E-state index contributed by atoms with van der Waals surface area (Å²) >= 11 is 0. The Balaban J connectivity index is 1.65. The first-order chi connectivity index (χ1) is 16.1. The number of hydrogen-bond acceptors (Lipinski definition) is 6. The smallest absolute Gasteiger partial charge is 0.257 e. The molecule has 3 heterocycles. The average Bonchev–Trinajstić information content (AvgIpc) is 3.18. The van der Waals surface area contributed by atoms with E-state index in [0.29, 0.717) is 39.6 Å². The molecule has 0 saturated heterocycles. The summed E-state index contributed by atoms with van der Waals surface area (Å²) in [6.07, 6.45) is 3.18. The third kappa shape index (κ3) is 4.54. The van der Waals surface area contributed by atoms with E-state index in [1.54, 1.807) is 50.1 Å². The third-order valence-electron chi connectivity index (χ3n) is 5.39. The fourth-order valence-electron chi connectivity index (χ4n) is 3.65. The van der Waals surface area contributed by atoms with Crippen LogP contribution in [0, 0.1) is 17.7 Å². The first kappa shape index (κ1) is 23.1. The van der Waals surface area contributed by atoms with Crippen molar-refractivity contribution in [2.24, 2.45) is 7.05 Å². The minimum Gasteiger partial charge on any atom is -0.383 e. The van der Waals surface area contributed by atoms with Crippen LogP contribution in [0.25, 0.3) is 21.8 Å². The number of fused-ring (bicyclic) bond motifs is 3. The maximum Gasteiger partial charge on any atom is 0.257 e. The van der Waals surface area contributed by atoms with Crippen molar-refractivity contribution in [1.29, 1.82) is 0 Å². The van der Waals surface area contributed by atoms with Gasteiger partial charge in [0.1, 0.15) is 17.2 Å². The molecular weight excluding hydrogens is 435 g/mol. The van der Waals surface area contributed by atoms with Gasteiger partial charge in [-0.15, -0.1) is 0 Å². The molecule has 0 aliphatic heterocycles. The molecule has 34 heavy (non-hydrogen) atoms. The standard InChI is InChI=1S/C25H25FN6O2/c1-5-32(14-16-7-6-15(12-28-16)8-9-25(2,3)34)24(33)17-10-18-21(11-20(17)26)30-23(27)19-13-29-31(4)22(18)19/h6-7,10-13,34H,5,14H2,1-4H3,(H2,27,30). The molecule has 4 rings (SSSR count). The van der Waals surface area contributed by atoms with Crippen molar-refractivity contribution in [3.05, 3.63) is 59.3 Å². The summed E-state index contributed by atoms with van der Waals surface area (Å²) in [5.74, 6) is 4.71. The zero-order valence-electron chi connectivity index (χ0n) is 19.4. The van der Waals surface area contributed by atoms with E-state index < -0.39 is 17.3 Å². The molecule has 174 valence electrons. The van der Waals surface area contributed by atoms with Gasteiger partial charge in [0.2, 0.25) is 0 Å². The summed E-state index contributed by atoms with van der Waals surface area (Å²) < 4.78 is 16.6. The number of hydrogen-bond donors (Lipinski definition) is 2. The summed E-state index contributed by atoms with van der Waals surface area (Å²) in [6, 6.07) is 6.26. The SMILES string of the molecule is CCN(Cc1ccc(C#CC(C)(C)O)cn1)C(=O)c1cc2c(cc1F)nc(N)c1cnn(C)c12. The zero-order chi connectivity index (χ0) is 24.6. The molecule has 0 fully saturated rings. The predicted molar refractivity (Wildman–Crippen MR) is 128 cm³/mol. The molecule has 3 N–H and O–H groups in total. The number of rotatable bonds is 4. The number of amides is 1. The largest absolute Gasteiger partial charge is 0.383 e. The van der Waals surface area contributed by atoms with Crippen molar-refractivity contribution < 1.29 is 14.3 Å². The van der Waals surface area contributed by atoms with E-state index in [4.69, 9.17) is 5.73 Å². The van der Waals surface area contributed by atoms with Gasteiger partial charge in [0, 0.05) is 36.8 Å². The first-order valence-corrected chi connectivity index (χ1v) is 10.8. The molecule has 9 heteroatoms. The quantitative estimate of drug-likeness (QED) is 0.453. The number of nitrogens with zero attached hydrogens (tertiary/aromatic N) is 5. The van der Waals surface area contributed by atoms with Gasteiger partial charge in [-0.25, -0.2) is 9.37 Å². The van der Waals surface area contributed by atoms with E-state index in [9.17, 15) is 14.3 Å². The summed E-state index contributed by atoms with van der Waals surface area (Å²) in [4.78, 5) is 23.4. The Labute approximate surface area is 196 Å². The van der Waals surface area contributed by atoms with Crippen molar-refractivity contribution in [3.63, 3.8) is 0 Å². The number of anilines is 1. The number of aryl methyl sites for hydroxylation is 1. The van der Waals surface area contributed by atoms with Gasteiger partial charge >= 0.3 is 0 Å². The van der Waals surface area contributed by atoms with Gasteiger partial charge in [-0.3, -0.25) is 14.5 Å². The Morgan fingerprint density at radius 2 is 2.03 bits per heavy atom. The number of nitrogens with two attached hydrogens (primary N) is 1. The summed E-state index contributed by atoms with van der Waals surface area (Å²) in [6.45, 7) is 5.58. The molecule has 0 radical (unpaired) electrons. The Morgan fingerprint density at radius 1 is 1.26 bits per heavy atom. The normalized spacial score (nSPS) is 11.5. The summed E-state index contributed by atoms with van der Waals surface area (Å²) in [7, 11) is 1.76. The molecule has 0 spiro atoms. The van der Waals surface area contributed by atoms with E-state index in [2.05, 4.69) is 26.9 Å². The highest BCUT2D eigenvalue weighted by Gasteiger charge is 2.22. The van der Waals surface area contributed by atoms with Gasteiger partial charge in [0.05, 0.1) is 40.4 Å². The maximum absolute atomic E-state index is 15.0. The highest BCUT2D eigenvalue weighted by molar-refractivity contribution is 6.10. The van der Waals surface area contributed by atoms with Crippen LogP contribution >= 0.6 is 0 Å². The van der Waals surface area contributed by atoms with Crippen LogP contribution in [0.1, 0.15) is 42.4 Å². The number of pyridine rings is 2. The lowest BCUT2D eigenvalue weighted by Crippen LogP contribution is -2.31. The molecule has 0 aliphatic rings. The van der Waals surface area contributed by atoms with Crippen LogP contribution in [0.15, 0.2) is 36.7 Å². The van der Waals surface area contributed by atoms with Gasteiger partial charge in [-0.1, -0.05) is 11.8 Å².